The first-order chi connectivity index (χ1) is 20.7. The van der Waals surface area contributed by atoms with Crippen molar-refractivity contribution >= 4 is 0 Å². The van der Waals surface area contributed by atoms with Crippen LogP contribution in [0.25, 0.3) is 0 Å². The Balaban J connectivity index is 3.56. The molecule has 0 spiro atoms. The summed E-state index contributed by atoms with van der Waals surface area (Å²) in [6, 6.07) is 0. The monoisotopic (exact) mass is 583 g/mol. The summed E-state index contributed by atoms with van der Waals surface area (Å²) in [5, 5.41) is 0. The molecule has 0 heterocycles. The van der Waals surface area contributed by atoms with E-state index in [4.69, 9.17) is 0 Å². The van der Waals surface area contributed by atoms with Crippen molar-refractivity contribution in [2.45, 2.75) is 207 Å². The molecule has 0 atom stereocenters. The first-order valence-electron chi connectivity index (χ1n) is 19.3. The molecule has 0 nitrogen and oxygen atoms in total. The third-order valence-corrected chi connectivity index (χ3v) is 8.95. The Bertz CT molecular complexity index is 554. The van der Waals surface area contributed by atoms with Crippen molar-refractivity contribution in [2.24, 2.45) is 11.8 Å². The Morgan fingerprint density at radius 3 is 0.810 bits per heavy atom. The average molecular weight is 583 g/mol. The van der Waals surface area contributed by atoms with E-state index in [0.717, 1.165) is 11.8 Å². The summed E-state index contributed by atoms with van der Waals surface area (Å²) in [6.45, 7) is 9.41. The van der Waals surface area contributed by atoms with Crippen molar-refractivity contribution in [3.63, 3.8) is 0 Å². The topological polar surface area (TPSA) is 0 Å². The molecule has 0 N–H and O–H groups in total. The lowest BCUT2D eigenvalue weighted by atomic mass is 9.87. The normalized spacial score (nSPS) is 12.6. The minimum Gasteiger partial charge on any atom is -0.0885 e. The molecular weight excluding hydrogens is 504 g/mol. The third kappa shape index (κ3) is 33.5. The maximum atomic E-state index is 2.48. The predicted octanol–water partition coefficient (Wildman–Crippen LogP) is 15.4. The summed E-state index contributed by atoms with van der Waals surface area (Å²) >= 11 is 0. The standard InChI is InChI=1S/C42H78/c1-5-7-9-11-13-15-17-19-21-23-25-27-29-31-33-35-37-39-42(41(3)4)40-38-36-34-32-30-28-26-24-22-20-18-16-14-12-10-8-6-2/h13-16,33-36,41-42H,5-12,17-32,37-40H2,1-4H3/b15-13+,16-14+,35-33+,36-34+. The van der Waals surface area contributed by atoms with Gasteiger partial charge in [0.05, 0.1) is 0 Å². The molecule has 0 fully saturated rings. The van der Waals surface area contributed by atoms with Gasteiger partial charge in [-0.05, 0) is 115 Å². The summed E-state index contributed by atoms with van der Waals surface area (Å²) in [5.74, 6) is 1.68. The molecule has 0 bridgehead atoms. The van der Waals surface area contributed by atoms with Gasteiger partial charge in [-0.2, -0.15) is 0 Å². The lowest BCUT2D eigenvalue weighted by molar-refractivity contribution is 0.341. The first kappa shape index (κ1) is 41.0. The van der Waals surface area contributed by atoms with E-state index in [0.29, 0.717) is 0 Å². The van der Waals surface area contributed by atoms with Gasteiger partial charge in [-0.3, -0.25) is 0 Å². The zero-order valence-corrected chi connectivity index (χ0v) is 29.6. The van der Waals surface area contributed by atoms with Gasteiger partial charge < -0.3 is 0 Å². The van der Waals surface area contributed by atoms with Crippen LogP contribution in [0.15, 0.2) is 48.6 Å². The molecule has 0 aromatic rings. The lowest BCUT2D eigenvalue weighted by Gasteiger charge is -2.19. The van der Waals surface area contributed by atoms with Crippen molar-refractivity contribution < 1.29 is 0 Å². The molecule has 246 valence electrons. The van der Waals surface area contributed by atoms with Gasteiger partial charge in [0.1, 0.15) is 0 Å². The molecule has 0 aliphatic rings. The second-order valence-electron chi connectivity index (χ2n) is 13.4. The van der Waals surface area contributed by atoms with Crippen LogP contribution in [0.4, 0.5) is 0 Å². The predicted molar refractivity (Wildman–Crippen MR) is 196 cm³/mol. The molecule has 0 saturated carbocycles. The number of rotatable bonds is 33. The molecule has 0 rings (SSSR count). The van der Waals surface area contributed by atoms with Gasteiger partial charge in [0.25, 0.3) is 0 Å². The van der Waals surface area contributed by atoms with Crippen LogP contribution < -0.4 is 0 Å². The van der Waals surface area contributed by atoms with Gasteiger partial charge in [0.15, 0.2) is 0 Å². The summed E-state index contributed by atoms with van der Waals surface area (Å²) in [6.07, 6.45) is 57.6. The van der Waals surface area contributed by atoms with Crippen molar-refractivity contribution in [3.8, 4) is 0 Å². The number of unbranched alkanes of at least 4 members (excludes halogenated alkanes) is 20. The van der Waals surface area contributed by atoms with Crippen molar-refractivity contribution in [2.75, 3.05) is 0 Å². The van der Waals surface area contributed by atoms with Crippen molar-refractivity contribution in [1.82, 2.24) is 0 Å². The van der Waals surface area contributed by atoms with Crippen LogP contribution in [0.5, 0.6) is 0 Å². The summed E-state index contributed by atoms with van der Waals surface area (Å²) in [4.78, 5) is 0. The summed E-state index contributed by atoms with van der Waals surface area (Å²) < 4.78 is 0. The fourth-order valence-electron chi connectivity index (χ4n) is 5.86. The van der Waals surface area contributed by atoms with E-state index in [1.54, 1.807) is 0 Å². The molecule has 0 aromatic carbocycles. The van der Waals surface area contributed by atoms with Gasteiger partial charge in [-0.1, -0.05) is 153 Å². The summed E-state index contributed by atoms with van der Waals surface area (Å²) in [7, 11) is 0. The number of allylic oxidation sites excluding steroid dienone is 8. The van der Waals surface area contributed by atoms with E-state index in [-0.39, 0.29) is 0 Å². The lowest BCUT2D eigenvalue weighted by Crippen LogP contribution is -2.08. The van der Waals surface area contributed by atoms with E-state index in [9.17, 15) is 0 Å². The minimum atomic E-state index is 0.805. The molecule has 0 radical (unpaired) electrons. The van der Waals surface area contributed by atoms with Gasteiger partial charge in [-0.25, -0.2) is 0 Å². The van der Waals surface area contributed by atoms with E-state index in [2.05, 4.69) is 76.3 Å². The zero-order valence-electron chi connectivity index (χ0n) is 29.6. The molecule has 0 aromatic heterocycles. The molecule has 0 saturated heterocycles. The zero-order chi connectivity index (χ0) is 30.6. The fraction of sp³-hybridized carbons (Fsp3) is 0.810. The first-order valence-corrected chi connectivity index (χ1v) is 19.3. The fourth-order valence-corrected chi connectivity index (χ4v) is 5.86. The highest BCUT2D eigenvalue weighted by Crippen LogP contribution is 2.23. The average Bonchev–Trinajstić information content (AvgIpc) is 2.99. The Kier molecular flexibility index (Phi) is 35.3. The Morgan fingerprint density at radius 2 is 0.548 bits per heavy atom. The van der Waals surface area contributed by atoms with Crippen molar-refractivity contribution in [3.05, 3.63) is 48.6 Å². The van der Waals surface area contributed by atoms with Crippen molar-refractivity contribution in [1.29, 1.82) is 0 Å². The molecule has 42 heavy (non-hydrogen) atoms. The molecule has 0 heteroatoms. The Hall–Kier alpha value is -1.04. The number of hydrogen-bond acceptors (Lipinski definition) is 0. The molecule has 0 aliphatic carbocycles. The van der Waals surface area contributed by atoms with E-state index >= 15 is 0 Å². The smallest absolute Gasteiger partial charge is 0.0348 e. The highest BCUT2D eigenvalue weighted by molar-refractivity contribution is 4.86. The van der Waals surface area contributed by atoms with Crippen LogP contribution >= 0.6 is 0 Å². The minimum absolute atomic E-state index is 0.805. The van der Waals surface area contributed by atoms with E-state index < -0.39 is 0 Å². The highest BCUT2D eigenvalue weighted by Gasteiger charge is 2.11. The second-order valence-corrected chi connectivity index (χ2v) is 13.4. The van der Waals surface area contributed by atoms with Crippen LogP contribution in [0.2, 0.25) is 0 Å². The maximum Gasteiger partial charge on any atom is -0.0348 e. The largest absolute Gasteiger partial charge is 0.0885 e. The number of hydrogen-bond donors (Lipinski definition) is 0. The van der Waals surface area contributed by atoms with Gasteiger partial charge in [0.2, 0.25) is 0 Å². The van der Waals surface area contributed by atoms with Crippen LogP contribution in [-0.4, -0.2) is 0 Å². The third-order valence-electron chi connectivity index (χ3n) is 8.95. The highest BCUT2D eigenvalue weighted by atomic mass is 14.2. The maximum absolute atomic E-state index is 2.48. The van der Waals surface area contributed by atoms with E-state index in [1.165, 1.54) is 180 Å². The SMILES string of the molecule is CCCCC/C=C/CCCCCCCC/C=C/CCC(CC/C=C/CCCCCCCC/C=C/CCCCC)C(C)C. The molecule has 0 aliphatic heterocycles. The summed E-state index contributed by atoms with van der Waals surface area (Å²) in [5.41, 5.74) is 0. The second kappa shape index (κ2) is 36.2. The van der Waals surface area contributed by atoms with Gasteiger partial charge in [0, 0.05) is 0 Å². The quantitative estimate of drug-likeness (QED) is 0.0533. The Labute approximate surface area is 267 Å². The molecule has 0 unspecified atom stereocenters. The van der Waals surface area contributed by atoms with Gasteiger partial charge >= 0.3 is 0 Å². The van der Waals surface area contributed by atoms with Crippen LogP contribution in [0, 0.1) is 11.8 Å². The van der Waals surface area contributed by atoms with Crippen LogP contribution in [0.1, 0.15) is 207 Å². The molecule has 0 amide bonds. The van der Waals surface area contributed by atoms with E-state index in [1.807, 2.05) is 0 Å². The van der Waals surface area contributed by atoms with Crippen LogP contribution in [0.3, 0.4) is 0 Å². The Morgan fingerprint density at radius 1 is 0.310 bits per heavy atom. The van der Waals surface area contributed by atoms with Gasteiger partial charge in [-0.15, -0.1) is 0 Å². The van der Waals surface area contributed by atoms with Crippen LogP contribution in [-0.2, 0) is 0 Å². The molecular formula is C42H78.